The maximum absolute atomic E-state index is 10.9. The number of thioether (sulfide) groups is 1. The molecule has 0 unspecified atom stereocenters. The Balaban J connectivity index is 1.93. The predicted molar refractivity (Wildman–Crippen MR) is 83.4 cm³/mol. The molecule has 6 heteroatoms. The van der Waals surface area contributed by atoms with Crippen LogP contribution in [0.15, 0.2) is 53.4 Å². The molecule has 21 heavy (non-hydrogen) atoms. The van der Waals surface area contributed by atoms with E-state index in [-0.39, 0.29) is 11.6 Å². The van der Waals surface area contributed by atoms with Gasteiger partial charge in [0.2, 0.25) is 5.91 Å². The Labute approximate surface area is 126 Å². The molecular weight excluding hydrogens is 288 g/mol. The lowest BCUT2D eigenvalue weighted by atomic mass is 10.2. The van der Waals surface area contributed by atoms with Crippen molar-refractivity contribution in [2.24, 2.45) is 0 Å². The Bertz CT molecular complexity index is 639. The molecule has 0 radical (unpaired) electrons. The van der Waals surface area contributed by atoms with E-state index in [9.17, 15) is 14.9 Å². The smallest absolute Gasteiger partial charge is 0.269 e. The van der Waals surface area contributed by atoms with Crippen LogP contribution in [0.4, 0.5) is 11.4 Å². The van der Waals surface area contributed by atoms with Crippen LogP contribution in [0.5, 0.6) is 0 Å². The highest BCUT2D eigenvalue weighted by Gasteiger charge is 2.04. The summed E-state index contributed by atoms with van der Waals surface area (Å²) < 4.78 is 0. The van der Waals surface area contributed by atoms with Crippen molar-refractivity contribution >= 4 is 29.0 Å². The van der Waals surface area contributed by atoms with Crippen molar-refractivity contribution < 1.29 is 9.72 Å². The van der Waals surface area contributed by atoms with Crippen molar-refractivity contribution in [2.45, 2.75) is 17.6 Å². The summed E-state index contributed by atoms with van der Waals surface area (Å²) in [5.74, 6) is 0.638. The molecule has 0 aliphatic rings. The first-order valence-corrected chi connectivity index (χ1v) is 7.27. The fraction of sp³-hybridized carbons (Fsp3) is 0.133. The van der Waals surface area contributed by atoms with Crippen molar-refractivity contribution in [3.8, 4) is 0 Å². The van der Waals surface area contributed by atoms with Crippen LogP contribution in [0.2, 0.25) is 0 Å². The molecule has 5 nitrogen and oxygen atoms in total. The number of nitro groups is 1. The van der Waals surface area contributed by atoms with Crippen LogP contribution >= 0.6 is 11.8 Å². The van der Waals surface area contributed by atoms with Crippen molar-refractivity contribution in [3.05, 3.63) is 64.2 Å². The van der Waals surface area contributed by atoms with Gasteiger partial charge in [-0.15, -0.1) is 11.8 Å². The maximum atomic E-state index is 10.9. The SMILES string of the molecule is CC(=O)Nc1ccc(SCc2ccc([N+](=O)[O-])cc2)cc1. The van der Waals surface area contributed by atoms with Crippen LogP contribution in [-0.2, 0) is 10.5 Å². The van der Waals surface area contributed by atoms with Gasteiger partial charge in [-0.3, -0.25) is 14.9 Å². The van der Waals surface area contributed by atoms with Gasteiger partial charge in [0.15, 0.2) is 0 Å². The topological polar surface area (TPSA) is 72.2 Å². The number of hydrogen-bond donors (Lipinski definition) is 1. The van der Waals surface area contributed by atoms with Gasteiger partial charge < -0.3 is 5.32 Å². The third-order valence-electron chi connectivity index (χ3n) is 2.73. The lowest BCUT2D eigenvalue weighted by Crippen LogP contribution is -2.05. The summed E-state index contributed by atoms with van der Waals surface area (Å²) in [7, 11) is 0. The number of nitrogens with one attached hydrogen (secondary N) is 1. The average Bonchev–Trinajstić information content (AvgIpc) is 2.46. The van der Waals surface area contributed by atoms with Gasteiger partial charge >= 0.3 is 0 Å². The average molecular weight is 302 g/mol. The molecule has 2 aromatic rings. The van der Waals surface area contributed by atoms with E-state index in [1.165, 1.54) is 19.1 Å². The molecule has 0 aliphatic heterocycles. The van der Waals surface area contributed by atoms with Gasteiger partial charge in [0, 0.05) is 35.4 Å². The second-order valence-corrected chi connectivity index (χ2v) is 5.47. The quantitative estimate of drug-likeness (QED) is 0.517. The highest BCUT2D eigenvalue weighted by molar-refractivity contribution is 7.98. The van der Waals surface area contributed by atoms with Crippen LogP contribution in [0.25, 0.3) is 0 Å². The van der Waals surface area contributed by atoms with E-state index in [0.29, 0.717) is 0 Å². The minimum absolute atomic E-state index is 0.0960. The number of hydrogen-bond acceptors (Lipinski definition) is 4. The van der Waals surface area contributed by atoms with E-state index in [1.54, 1.807) is 23.9 Å². The number of amides is 1. The Morgan fingerprint density at radius 3 is 2.29 bits per heavy atom. The maximum Gasteiger partial charge on any atom is 0.269 e. The van der Waals surface area contributed by atoms with Gasteiger partial charge in [-0.25, -0.2) is 0 Å². The summed E-state index contributed by atoms with van der Waals surface area (Å²) in [5, 5.41) is 13.3. The Hall–Kier alpha value is -2.34. The molecule has 108 valence electrons. The first kappa shape index (κ1) is 15.1. The number of anilines is 1. The lowest BCUT2D eigenvalue weighted by Gasteiger charge is -2.05. The van der Waals surface area contributed by atoms with Gasteiger partial charge in [-0.1, -0.05) is 12.1 Å². The molecule has 2 aromatic carbocycles. The first-order chi connectivity index (χ1) is 10.0. The second-order valence-electron chi connectivity index (χ2n) is 4.42. The van der Waals surface area contributed by atoms with Gasteiger partial charge in [0.1, 0.15) is 0 Å². The van der Waals surface area contributed by atoms with Crippen LogP contribution < -0.4 is 5.32 Å². The Kier molecular flexibility index (Phi) is 4.94. The van der Waals surface area contributed by atoms with E-state index >= 15 is 0 Å². The molecule has 2 rings (SSSR count). The molecule has 0 fully saturated rings. The number of rotatable bonds is 5. The largest absolute Gasteiger partial charge is 0.326 e. The fourth-order valence-corrected chi connectivity index (χ4v) is 2.57. The summed E-state index contributed by atoms with van der Waals surface area (Å²) in [6, 6.07) is 14.1. The van der Waals surface area contributed by atoms with E-state index < -0.39 is 4.92 Å². The summed E-state index contributed by atoms with van der Waals surface area (Å²) in [5.41, 5.74) is 1.89. The molecule has 0 aromatic heterocycles. The van der Waals surface area contributed by atoms with Crippen LogP contribution in [0, 0.1) is 10.1 Å². The number of non-ortho nitro benzene ring substituents is 1. The molecule has 0 bridgehead atoms. The van der Waals surface area contributed by atoms with E-state index in [2.05, 4.69) is 5.32 Å². The molecule has 0 aliphatic carbocycles. The molecular formula is C15H14N2O3S. The minimum Gasteiger partial charge on any atom is -0.326 e. The standard InChI is InChI=1S/C15H14N2O3S/c1-11(18)16-13-4-8-15(9-5-13)21-10-12-2-6-14(7-3-12)17(19)20/h2-9H,10H2,1H3,(H,16,18). The van der Waals surface area contributed by atoms with E-state index in [4.69, 9.17) is 0 Å². The van der Waals surface area contributed by atoms with Gasteiger partial charge in [0.05, 0.1) is 4.92 Å². The van der Waals surface area contributed by atoms with E-state index in [1.807, 2.05) is 24.3 Å². The first-order valence-electron chi connectivity index (χ1n) is 6.28. The zero-order valence-corrected chi connectivity index (χ0v) is 12.2. The molecule has 0 saturated carbocycles. The molecule has 0 spiro atoms. The number of carbonyl (C=O) groups is 1. The fourth-order valence-electron chi connectivity index (χ4n) is 1.72. The highest BCUT2D eigenvalue weighted by Crippen LogP contribution is 2.25. The zero-order valence-electron chi connectivity index (χ0n) is 11.4. The summed E-state index contributed by atoms with van der Waals surface area (Å²) in [4.78, 5) is 22.2. The van der Waals surface area contributed by atoms with Crippen molar-refractivity contribution in [2.75, 3.05) is 5.32 Å². The van der Waals surface area contributed by atoms with Gasteiger partial charge in [-0.2, -0.15) is 0 Å². The molecule has 0 heterocycles. The summed E-state index contributed by atoms with van der Waals surface area (Å²) >= 11 is 1.63. The van der Waals surface area contributed by atoms with Crippen LogP contribution in [0.1, 0.15) is 12.5 Å². The molecule has 1 N–H and O–H groups in total. The highest BCUT2D eigenvalue weighted by atomic mass is 32.2. The Morgan fingerprint density at radius 1 is 1.14 bits per heavy atom. The zero-order chi connectivity index (χ0) is 15.2. The monoisotopic (exact) mass is 302 g/mol. The predicted octanol–water partition coefficient (Wildman–Crippen LogP) is 3.85. The molecule has 0 saturated heterocycles. The number of carbonyl (C=O) groups excluding carboxylic acids is 1. The van der Waals surface area contributed by atoms with Crippen LogP contribution in [-0.4, -0.2) is 10.8 Å². The number of nitrogens with zero attached hydrogens (tertiary/aromatic N) is 1. The summed E-state index contributed by atoms with van der Waals surface area (Å²) in [6.45, 7) is 1.47. The second kappa shape index (κ2) is 6.90. The summed E-state index contributed by atoms with van der Waals surface area (Å²) in [6.07, 6.45) is 0. The van der Waals surface area contributed by atoms with Gasteiger partial charge in [0.25, 0.3) is 5.69 Å². The number of benzene rings is 2. The van der Waals surface area contributed by atoms with Gasteiger partial charge in [-0.05, 0) is 29.8 Å². The van der Waals surface area contributed by atoms with Crippen molar-refractivity contribution in [1.29, 1.82) is 0 Å². The van der Waals surface area contributed by atoms with Crippen LogP contribution in [0.3, 0.4) is 0 Å². The van der Waals surface area contributed by atoms with Crippen molar-refractivity contribution in [3.63, 3.8) is 0 Å². The minimum atomic E-state index is -0.405. The third-order valence-corrected chi connectivity index (χ3v) is 3.81. The molecule has 1 amide bonds. The lowest BCUT2D eigenvalue weighted by molar-refractivity contribution is -0.384. The number of nitro benzene ring substituents is 1. The van der Waals surface area contributed by atoms with E-state index in [0.717, 1.165) is 21.9 Å². The van der Waals surface area contributed by atoms with Crippen molar-refractivity contribution in [1.82, 2.24) is 0 Å². The third kappa shape index (κ3) is 4.61. The Morgan fingerprint density at radius 2 is 1.76 bits per heavy atom. The normalized spacial score (nSPS) is 10.1. The molecule has 0 atom stereocenters.